The molecule has 2 unspecified atom stereocenters. The summed E-state index contributed by atoms with van der Waals surface area (Å²) in [4.78, 5) is 15.2. The van der Waals surface area contributed by atoms with E-state index in [-0.39, 0.29) is 15.9 Å². The molecule has 1 aliphatic heterocycles. The van der Waals surface area contributed by atoms with E-state index in [0.29, 0.717) is 0 Å². The van der Waals surface area contributed by atoms with Gasteiger partial charge in [0.05, 0.1) is 16.9 Å². The van der Waals surface area contributed by atoms with Crippen LogP contribution in [0.5, 0.6) is 0 Å². The summed E-state index contributed by atoms with van der Waals surface area (Å²) in [6, 6.07) is 5.10. The zero-order valence-electron chi connectivity index (χ0n) is 10.3. The molecule has 0 spiro atoms. The molecule has 1 aromatic carbocycles. The third kappa shape index (κ3) is 3.10. The van der Waals surface area contributed by atoms with E-state index < -0.39 is 28.0 Å². The predicted octanol–water partition coefficient (Wildman–Crippen LogP) is -0.108. The number of dihydropyridines is 1. The van der Waals surface area contributed by atoms with Gasteiger partial charge in [-0.3, -0.25) is 14.3 Å². The van der Waals surface area contributed by atoms with Crippen molar-refractivity contribution in [2.75, 3.05) is 0 Å². The molecule has 0 aliphatic carbocycles. The quantitative estimate of drug-likeness (QED) is 0.751. The van der Waals surface area contributed by atoms with Gasteiger partial charge in [0.25, 0.3) is 10.1 Å². The SMILES string of the molecule is NC(=O)C1C=CC=NC1c1ccccc1S(=O)(=O)O.O. The van der Waals surface area contributed by atoms with Crippen LogP contribution in [-0.4, -0.2) is 30.6 Å². The van der Waals surface area contributed by atoms with Crippen LogP contribution in [0.1, 0.15) is 11.6 Å². The Labute approximate surface area is 115 Å². The molecule has 1 heterocycles. The topological polar surface area (TPSA) is 141 Å². The van der Waals surface area contributed by atoms with Crippen LogP contribution in [0.2, 0.25) is 0 Å². The van der Waals surface area contributed by atoms with E-state index >= 15 is 0 Å². The summed E-state index contributed by atoms with van der Waals surface area (Å²) < 4.78 is 31.9. The standard InChI is InChI=1S/C12H12N2O4S.H2O/c13-12(15)9-5-3-7-14-11(9)8-4-1-2-6-10(8)19(16,17)18;/h1-7,9,11H,(H2,13,15)(H,16,17,18);1H2. The Morgan fingerprint density at radius 2 is 1.95 bits per heavy atom. The number of nitrogens with zero attached hydrogens (tertiary/aromatic N) is 1. The van der Waals surface area contributed by atoms with Gasteiger partial charge in [0, 0.05) is 6.21 Å². The molecule has 0 saturated carbocycles. The summed E-state index contributed by atoms with van der Waals surface area (Å²) in [7, 11) is -4.38. The second-order valence-corrected chi connectivity index (χ2v) is 5.46. The molecule has 1 amide bonds. The van der Waals surface area contributed by atoms with Gasteiger partial charge in [-0.15, -0.1) is 0 Å². The largest absolute Gasteiger partial charge is 0.412 e. The first-order chi connectivity index (χ1) is 8.91. The third-order valence-electron chi connectivity index (χ3n) is 2.84. The highest BCUT2D eigenvalue weighted by Gasteiger charge is 2.30. The van der Waals surface area contributed by atoms with Crippen LogP contribution in [0.25, 0.3) is 0 Å². The Morgan fingerprint density at radius 1 is 1.30 bits per heavy atom. The molecule has 0 fully saturated rings. The molecule has 5 N–H and O–H groups in total. The van der Waals surface area contributed by atoms with Gasteiger partial charge >= 0.3 is 0 Å². The minimum atomic E-state index is -4.38. The number of rotatable bonds is 3. The lowest BCUT2D eigenvalue weighted by atomic mass is 9.91. The molecule has 0 saturated heterocycles. The van der Waals surface area contributed by atoms with Crippen LogP contribution in [0.4, 0.5) is 0 Å². The molecule has 0 aromatic heterocycles. The van der Waals surface area contributed by atoms with Gasteiger partial charge in [0.1, 0.15) is 0 Å². The normalized spacial score (nSPS) is 21.2. The number of carbonyl (C=O) groups is 1. The molecule has 2 rings (SSSR count). The minimum Gasteiger partial charge on any atom is -0.412 e. The first-order valence-electron chi connectivity index (χ1n) is 5.47. The maximum absolute atomic E-state index is 11.4. The van der Waals surface area contributed by atoms with Crippen molar-refractivity contribution in [3.63, 3.8) is 0 Å². The molecule has 1 aliphatic rings. The van der Waals surface area contributed by atoms with Crippen molar-refractivity contribution < 1.29 is 23.2 Å². The average molecular weight is 298 g/mol. The third-order valence-corrected chi connectivity index (χ3v) is 3.76. The molecular weight excluding hydrogens is 284 g/mol. The van der Waals surface area contributed by atoms with Crippen molar-refractivity contribution in [3.8, 4) is 0 Å². The smallest absolute Gasteiger partial charge is 0.294 e. The number of benzene rings is 1. The zero-order chi connectivity index (χ0) is 14.0. The number of hydrogen-bond acceptors (Lipinski definition) is 4. The Hall–Kier alpha value is -2.03. The summed E-state index contributed by atoms with van der Waals surface area (Å²) >= 11 is 0. The Balaban J connectivity index is 0.00000200. The van der Waals surface area contributed by atoms with Crippen molar-refractivity contribution in [3.05, 3.63) is 42.0 Å². The van der Waals surface area contributed by atoms with E-state index in [0.717, 1.165) is 0 Å². The number of hydrogen-bond donors (Lipinski definition) is 2. The number of primary amides is 1. The Bertz CT molecular complexity index is 666. The lowest BCUT2D eigenvalue weighted by Crippen LogP contribution is -2.28. The van der Waals surface area contributed by atoms with Gasteiger partial charge in [0.15, 0.2) is 0 Å². The van der Waals surface area contributed by atoms with Crippen molar-refractivity contribution in [1.82, 2.24) is 0 Å². The maximum atomic E-state index is 11.4. The highest BCUT2D eigenvalue weighted by Crippen LogP contribution is 2.33. The van der Waals surface area contributed by atoms with Crippen LogP contribution in [-0.2, 0) is 14.9 Å². The van der Waals surface area contributed by atoms with Gasteiger partial charge in [-0.05, 0) is 17.7 Å². The molecular formula is C12H14N2O5S. The average Bonchev–Trinajstić information content (AvgIpc) is 2.37. The van der Waals surface area contributed by atoms with E-state index in [1.54, 1.807) is 18.2 Å². The van der Waals surface area contributed by atoms with E-state index in [1.165, 1.54) is 24.4 Å². The maximum Gasteiger partial charge on any atom is 0.294 e. The number of nitrogens with two attached hydrogens (primary N) is 1. The molecule has 1 aromatic rings. The summed E-state index contributed by atoms with van der Waals surface area (Å²) in [6.07, 6.45) is 4.59. The fourth-order valence-electron chi connectivity index (χ4n) is 1.99. The summed E-state index contributed by atoms with van der Waals surface area (Å²) in [5, 5.41) is 0. The van der Waals surface area contributed by atoms with E-state index in [9.17, 15) is 17.8 Å². The van der Waals surface area contributed by atoms with Gasteiger partial charge < -0.3 is 11.2 Å². The van der Waals surface area contributed by atoms with Crippen LogP contribution in [0.3, 0.4) is 0 Å². The Kier molecular flexibility index (Phi) is 4.77. The number of allylic oxidation sites excluding steroid dienone is 1. The molecule has 20 heavy (non-hydrogen) atoms. The number of amides is 1. The van der Waals surface area contributed by atoms with E-state index in [1.807, 2.05) is 0 Å². The van der Waals surface area contributed by atoms with Crippen molar-refractivity contribution in [2.24, 2.45) is 16.6 Å². The molecule has 2 atom stereocenters. The molecule has 7 nitrogen and oxygen atoms in total. The van der Waals surface area contributed by atoms with Gasteiger partial charge in [-0.25, -0.2) is 0 Å². The summed E-state index contributed by atoms with van der Waals surface area (Å²) in [6.45, 7) is 0. The molecule has 108 valence electrons. The minimum absolute atomic E-state index is 0. The highest BCUT2D eigenvalue weighted by molar-refractivity contribution is 7.85. The van der Waals surface area contributed by atoms with Crippen molar-refractivity contribution in [1.29, 1.82) is 0 Å². The van der Waals surface area contributed by atoms with Crippen molar-refractivity contribution >= 4 is 22.2 Å². The van der Waals surface area contributed by atoms with E-state index in [4.69, 9.17) is 5.73 Å². The monoisotopic (exact) mass is 298 g/mol. The summed E-state index contributed by atoms with van der Waals surface area (Å²) in [5.74, 6) is -1.35. The fourth-order valence-corrected chi connectivity index (χ4v) is 2.73. The molecule has 0 radical (unpaired) electrons. The summed E-state index contributed by atoms with van der Waals surface area (Å²) in [5.41, 5.74) is 5.52. The Morgan fingerprint density at radius 3 is 2.55 bits per heavy atom. The second-order valence-electron chi connectivity index (χ2n) is 4.07. The number of aliphatic imine (C=N–C) groups is 1. The lowest BCUT2D eigenvalue weighted by Gasteiger charge is -2.22. The fraction of sp³-hybridized carbons (Fsp3) is 0.167. The first kappa shape index (κ1) is 16.0. The first-order valence-corrected chi connectivity index (χ1v) is 6.91. The molecule has 0 bridgehead atoms. The predicted molar refractivity (Wildman–Crippen MR) is 72.9 cm³/mol. The highest BCUT2D eigenvalue weighted by atomic mass is 32.2. The van der Waals surface area contributed by atoms with Crippen molar-refractivity contribution in [2.45, 2.75) is 10.9 Å². The van der Waals surface area contributed by atoms with E-state index in [2.05, 4.69) is 4.99 Å². The van der Waals surface area contributed by atoms with Gasteiger partial charge in [-0.2, -0.15) is 8.42 Å². The second kappa shape index (κ2) is 5.95. The van der Waals surface area contributed by atoms with Gasteiger partial charge in [-0.1, -0.05) is 24.3 Å². The zero-order valence-corrected chi connectivity index (χ0v) is 11.1. The van der Waals surface area contributed by atoms with Crippen LogP contribution in [0.15, 0.2) is 46.3 Å². The lowest BCUT2D eigenvalue weighted by molar-refractivity contribution is -0.121. The van der Waals surface area contributed by atoms with Crippen LogP contribution in [0, 0.1) is 5.92 Å². The molecule has 8 heteroatoms. The van der Waals surface area contributed by atoms with Crippen LogP contribution < -0.4 is 5.73 Å². The van der Waals surface area contributed by atoms with Crippen LogP contribution >= 0.6 is 0 Å². The number of carbonyl (C=O) groups excluding carboxylic acids is 1. The van der Waals surface area contributed by atoms with Gasteiger partial charge in [0.2, 0.25) is 5.91 Å².